The van der Waals surface area contributed by atoms with Crippen molar-refractivity contribution in [1.82, 2.24) is 0 Å². The smallest absolute Gasteiger partial charge is 0.187 e. The van der Waals surface area contributed by atoms with E-state index in [4.69, 9.17) is 37.9 Å². The van der Waals surface area contributed by atoms with Gasteiger partial charge in [0.05, 0.1) is 25.9 Å². The van der Waals surface area contributed by atoms with Crippen LogP contribution in [0.15, 0.2) is 0 Å². The second-order valence-electron chi connectivity index (χ2n) is 11.3. The fourth-order valence-corrected chi connectivity index (χ4v) is 6.22. The number of halogens is 1. The van der Waals surface area contributed by atoms with Gasteiger partial charge in [0.2, 0.25) is 0 Å². The summed E-state index contributed by atoms with van der Waals surface area (Å²) in [6.45, 7) is -2.48. The highest BCUT2D eigenvalue weighted by atomic mass is 79.9. The van der Waals surface area contributed by atoms with Gasteiger partial charge in [-0.25, -0.2) is 0 Å². The van der Waals surface area contributed by atoms with Gasteiger partial charge in [0.15, 0.2) is 25.2 Å². The summed E-state index contributed by atoms with van der Waals surface area (Å²) in [4.78, 5) is 0. The lowest BCUT2D eigenvalue weighted by molar-refractivity contribution is -0.387. The number of aliphatic hydroxyl groups excluding tert-OH is 12. The van der Waals surface area contributed by atoms with Gasteiger partial charge in [-0.1, -0.05) is 15.9 Å². The number of methoxy groups -OCH3 is 1. The van der Waals surface area contributed by atoms with Gasteiger partial charge in [0.25, 0.3) is 0 Å². The van der Waals surface area contributed by atoms with Crippen molar-refractivity contribution in [3.05, 3.63) is 0 Å². The van der Waals surface area contributed by atoms with Gasteiger partial charge in [-0.05, 0) is 0 Å². The molecule has 46 heavy (non-hydrogen) atoms. The summed E-state index contributed by atoms with van der Waals surface area (Å²) >= 11 is 3.20. The van der Waals surface area contributed by atoms with Crippen LogP contribution >= 0.6 is 15.9 Å². The molecule has 4 aliphatic rings. The van der Waals surface area contributed by atoms with Crippen molar-refractivity contribution in [3.8, 4) is 0 Å². The van der Waals surface area contributed by atoms with Crippen LogP contribution in [0.1, 0.15) is 0 Å². The van der Waals surface area contributed by atoms with Crippen LogP contribution in [0.3, 0.4) is 0 Å². The van der Waals surface area contributed by atoms with Crippen molar-refractivity contribution in [2.75, 3.05) is 32.3 Å². The lowest BCUT2D eigenvalue weighted by Gasteiger charge is -2.49. The summed E-state index contributed by atoms with van der Waals surface area (Å²) < 4.78 is 43.8. The molecule has 12 N–H and O–H groups in total. The van der Waals surface area contributed by atoms with Crippen molar-refractivity contribution in [3.63, 3.8) is 0 Å². The van der Waals surface area contributed by atoms with Gasteiger partial charge in [-0.2, -0.15) is 0 Å². The van der Waals surface area contributed by atoms with Gasteiger partial charge >= 0.3 is 0 Å². The molecule has 4 saturated heterocycles. The number of hydrogen-bond acceptors (Lipinski definition) is 20. The molecule has 0 saturated carbocycles. The Bertz CT molecular complexity index is 932. The molecule has 4 fully saturated rings. The number of alkyl halides is 1. The average Bonchev–Trinajstić information content (AvgIpc) is 3.05. The second-order valence-corrected chi connectivity index (χ2v) is 12.0. The third-order valence-electron chi connectivity index (χ3n) is 8.39. The third kappa shape index (κ3) is 7.70. The van der Waals surface area contributed by atoms with E-state index in [0.29, 0.717) is 0 Å². The summed E-state index contributed by atoms with van der Waals surface area (Å²) in [6, 6.07) is 0. The molecule has 0 aromatic heterocycles. The number of rotatable bonds is 11. The predicted molar refractivity (Wildman–Crippen MR) is 145 cm³/mol. The zero-order valence-corrected chi connectivity index (χ0v) is 26.0. The van der Waals surface area contributed by atoms with E-state index in [9.17, 15) is 61.3 Å². The van der Waals surface area contributed by atoms with Crippen LogP contribution in [0.4, 0.5) is 0 Å². The molecule has 4 aliphatic heterocycles. The molecule has 0 unspecified atom stereocenters. The Morgan fingerprint density at radius 1 is 0.435 bits per heavy atom. The minimum absolute atomic E-state index is 0.0915. The molecule has 0 bridgehead atoms. The maximum Gasteiger partial charge on any atom is 0.187 e. The van der Waals surface area contributed by atoms with Gasteiger partial charge in [0.1, 0.15) is 91.6 Å². The Morgan fingerprint density at radius 2 is 0.761 bits per heavy atom. The van der Waals surface area contributed by atoms with E-state index in [1.54, 1.807) is 0 Å². The SMILES string of the molecule is CO[C@@H]1O[C@H](CBr)[C@@H](O[C@@H]2O[C@H](CO)[C@@H](O[C@@H]3O[C@H](CO)[C@@H](O[C@@H]4O[C@H](CO)[C@H](O)[C@H](O)[C@H]4O)[C@H](O)[C@H]3O)[C@H](O)[C@H]2O)[C@H](O)[C@H]1O. The minimum Gasteiger partial charge on any atom is -0.394 e. The Balaban J connectivity index is 1.43. The highest BCUT2D eigenvalue weighted by molar-refractivity contribution is 9.09. The molecule has 20 atom stereocenters. The van der Waals surface area contributed by atoms with E-state index < -0.39 is 143 Å². The molecule has 0 aliphatic carbocycles. The number of hydrogen-bond donors (Lipinski definition) is 12. The molecular formula is C25H43BrO20. The standard InChI is InChI=1S/C25H43BrO20/c1-39-22-16(36)12(32)19(6(2-26)40-22)44-24-17(37)13(33)21(9(5-29)42-24)46-25-18(38)14(34)20(8(4-28)43-25)45-23-15(35)11(31)10(30)7(3-27)41-23/h6-25,27-38H,2-5H2,1H3/t6-,7-,8-,9-,10+,11+,12-,13-,14-,15-,16-,17-,18-,19-,20-,21-,22-,23+,24+,25+/m1/s1. The van der Waals surface area contributed by atoms with Crippen LogP contribution in [0.25, 0.3) is 0 Å². The lowest BCUT2D eigenvalue weighted by atomic mass is 9.95. The molecule has 4 heterocycles. The molecule has 270 valence electrons. The van der Waals surface area contributed by atoms with E-state index in [2.05, 4.69) is 15.9 Å². The van der Waals surface area contributed by atoms with E-state index in [1.165, 1.54) is 7.11 Å². The molecule has 0 aromatic rings. The van der Waals surface area contributed by atoms with Crippen LogP contribution < -0.4 is 0 Å². The summed E-state index contributed by atoms with van der Waals surface area (Å²) in [6.07, 6.45) is -32.6. The van der Waals surface area contributed by atoms with Crippen molar-refractivity contribution in [1.29, 1.82) is 0 Å². The van der Waals surface area contributed by atoms with E-state index in [1.807, 2.05) is 0 Å². The van der Waals surface area contributed by atoms with Crippen molar-refractivity contribution < 1.29 is 99.2 Å². The van der Waals surface area contributed by atoms with Gasteiger partial charge < -0.3 is 99.2 Å². The number of ether oxygens (including phenoxy) is 8. The van der Waals surface area contributed by atoms with Crippen LogP contribution in [0.5, 0.6) is 0 Å². The maximum absolute atomic E-state index is 11.0. The summed E-state index contributed by atoms with van der Waals surface area (Å²) in [7, 11) is 1.26. The Morgan fingerprint density at radius 3 is 1.13 bits per heavy atom. The Labute approximate surface area is 270 Å². The van der Waals surface area contributed by atoms with Crippen LogP contribution in [0.2, 0.25) is 0 Å². The first-order valence-corrected chi connectivity index (χ1v) is 15.6. The molecule has 21 heteroatoms. The molecular weight excluding hydrogens is 700 g/mol. The maximum atomic E-state index is 11.0. The van der Waals surface area contributed by atoms with Gasteiger partial charge in [0, 0.05) is 12.4 Å². The Kier molecular flexibility index (Phi) is 13.9. The van der Waals surface area contributed by atoms with E-state index >= 15 is 0 Å². The highest BCUT2D eigenvalue weighted by Crippen LogP contribution is 2.34. The monoisotopic (exact) mass is 742 g/mol. The van der Waals surface area contributed by atoms with Crippen molar-refractivity contribution in [2.45, 2.75) is 123 Å². The Hall–Kier alpha value is -0.320. The quantitative estimate of drug-likeness (QED) is 0.0875. The van der Waals surface area contributed by atoms with Crippen LogP contribution in [0, 0.1) is 0 Å². The molecule has 0 aromatic carbocycles. The van der Waals surface area contributed by atoms with E-state index in [0.717, 1.165) is 0 Å². The lowest BCUT2D eigenvalue weighted by Crippen LogP contribution is -2.67. The average molecular weight is 744 g/mol. The minimum atomic E-state index is -1.99. The largest absolute Gasteiger partial charge is 0.394 e. The molecule has 0 spiro atoms. The number of aliphatic hydroxyl groups is 12. The molecule has 20 nitrogen and oxygen atoms in total. The fraction of sp³-hybridized carbons (Fsp3) is 1.00. The first-order chi connectivity index (χ1) is 21.8. The van der Waals surface area contributed by atoms with Gasteiger partial charge in [-0.3, -0.25) is 0 Å². The van der Waals surface area contributed by atoms with Crippen molar-refractivity contribution in [2.24, 2.45) is 0 Å². The summed E-state index contributed by atoms with van der Waals surface area (Å²) in [5.41, 5.74) is 0. The first-order valence-electron chi connectivity index (χ1n) is 14.4. The van der Waals surface area contributed by atoms with Crippen LogP contribution in [-0.2, 0) is 37.9 Å². The zero-order chi connectivity index (χ0) is 34.0. The molecule has 0 radical (unpaired) electrons. The first kappa shape index (κ1) is 38.5. The van der Waals surface area contributed by atoms with E-state index in [-0.39, 0.29) is 5.33 Å². The van der Waals surface area contributed by atoms with Crippen LogP contribution in [-0.4, -0.2) is 216 Å². The highest BCUT2D eigenvalue weighted by Gasteiger charge is 2.55. The van der Waals surface area contributed by atoms with Crippen molar-refractivity contribution >= 4 is 15.9 Å². The zero-order valence-electron chi connectivity index (χ0n) is 24.4. The fourth-order valence-electron chi connectivity index (χ4n) is 5.70. The van der Waals surface area contributed by atoms with Gasteiger partial charge in [-0.15, -0.1) is 0 Å². The third-order valence-corrected chi connectivity index (χ3v) is 9.03. The molecule has 0 amide bonds. The summed E-state index contributed by atoms with van der Waals surface area (Å²) in [5.74, 6) is 0. The topological polar surface area (TPSA) is 317 Å². The predicted octanol–water partition coefficient (Wildman–Crippen LogP) is -7.69. The summed E-state index contributed by atoms with van der Waals surface area (Å²) in [5, 5.41) is 124. The second kappa shape index (κ2) is 16.6. The molecule has 4 rings (SSSR count). The normalized spacial score (nSPS) is 52.0.